The van der Waals surface area contributed by atoms with Crippen LogP contribution in [0.2, 0.25) is 5.02 Å². The highest BCUT2D eigenvalue weighted by atomic mass is 35.6. The van der Waals surface area contributed by atoms with Crippen LogP contribution in [0.5, 0.6) is 0 Å². The van der Waals surface area contributed by atoms with E-state index < -0.39 is 20.8 Å². The Bertz CT molecular complexity index is 778. The molecular weight excluding hydrogens is 412 g/mol. The minimum absolute atomic E-state index is 0.133. The largest absolute Gasteiger partial charge is 0.362 e. The van der Waals surface area contributed by atoms with Gasteiger partial charge >= 0.3 is 0 Å². The lowest BCUT2D eigenvalue weighted by Crippen LogP contribution is -2.49. The molecule has 25 heavy (non-hydrogen) atoms. The summed E-state index contributed by atoms with van der Waals surface area (Å²) in [5, 5.41) is 16.5. The lowest BCUT2D eigenvalue weighted by molar-refractivity contribution is -0.384. The Morgan fingerprint density at radius 2 is 1.76 bits per heavy atom. The maximum absolute atomic E-state index is 12.3. The van der Waals surface area contributed by atoms with Crippen molar-refractivity contribution in [2.24, 2.45) is 0 Å². The third-order valence-electron chi connectivity index (χ3n) is 3.08. The summed E-state index contributed by atoms with van der Waals surface area (Å²) < 4.78 is -1.86. The van der Waals surface area contributed by atoms with Gasteiger partial charge in [-0.05, 0) is 30.3 Å². The molecule has 0 aliphatic rings. The topological polar surface area (TPSA) is 84.3 Å². The van der Waals surface area contributed by atoms with Crippen LogP contribution in [0, 0.1) is 10.1 Å². The summed E-state index contributed by atoms with van der Waals surface area (Å²) in [5.41, 5.74) is 0.581. The number of amides is 1. The highest BCUT2D eigenvalue weighted by Gasteiger charge is 2.34. The fourth-order valence-corrected chi connectivity index (χ4v) is 2.41. The van der Waals surface area contributed by atoms with E-state index in [4.69, 9.17) is 46.4 Å². The molecule has 132 valence electrons. The number of carbonyl (C=O) groups is 1. The SMILES string of the molecule is O=C(N[C@H](Nc1cccc(Cl)c1)C(Cl)(Cl)Cl)c1ccc([N+](=O)[O-])cc1. The monoisotopic (exact) mass is 421 g/mol. The number of nitrogens with zero attached hydrogens (tertiary/aromatic N) is 1. The molecule has 0 bridgehead atoms. The minimum atomic E-state index is -1.86. The van der Waals surface area contributed by atoms with E-state index >= 15 is 0 Å². The molecule has 6 nitrogen and oxygen atoms in total. The number of rotatable bonds is 5. The number of nitro benzene ring substituents is 1. The summed E-state index contributed by atoms with van der Waals surface area (Å²) in [5.74, 6) is -0.569. The van der Waals surface area contributed by atoms with Gasteiger partial charge in [0.05, 0.1) is 4.92 Å². The van der Waals surface area contributed by atoms with Gasteiger partial charge in [0, 0.05) is 28.4 Å². The van der Waals surface area contributed by atoms with Crippen LogP contribution >= 0.6 is 46.4 Å². The van der Waals surface area contributed by atoms with E-state index in [-0.39, 0.29) is 11.3 Å². The highest BCUT2D eigenvalue weighted by molar-refractivity contribution is 6.68. The molecule has 1 atom stereocenters. The third kappa shape index (κ3) is 5.64. The molecule has 0 fully saturated rings. The summed E-state index contributed by atoms with van der Waals surface area (Å²) >= 11 is 23.7. The number of carbonyl (C=O) groups excluding carboxylic acids is 1. The summed E-state index contributed by atoms with van der Waals surface area (Å²) in [7, 11) is 0. The van der Waals surface area contributed by atoms with Gasteiger partial charge in [-0.15, -0.1) is 0 Å². The molecule has 10 heteroatoms. The van der Waals surface area contributed by atoms with Crippen molar-refractivity contribution < 1.29 is 9.72 Å². The molecule has 1 amide bonds. The van der Waals surface area contributed by atoms with Gasteiger partial charge in [0.25, 0.3) is 11.6 Å². The van der Waals surface area contributed by atoms with E-state index in [1.54, 1.807) is 24.3 Å². The van der Waals surface area contributed by atoms with Crippen LogP contribution in [-0.4, -0.2) is 20.8 Å². The fourth-order valence-electron chi connectivity index (χ4n) is 1.89. The van der Waals surface area contributed by atoms with Crippen molar-refractivity contribution >= 4 is 63.7 Å². The second-order valence-electron chi connectivity index (χ2n) is 4.91. The number of hydrogen-bond acceptors (Lipinski definition) is 4. The van der Waals surface area contributed by atoms with E-state index in [2.05, 4.69) is 10.6 Å². The number of hydrogen-bond donors (Lipinski definition) is 2. The van der Waals surface area contributed by atoms with E-state index in [1.165, 1.54) is 24.3 Å². The van der Waals surface area contributed by atoms with Crippen LogP contribution in [0.1, 0.15) is 10.4 Å². The quantitative estimate of drug-likeness (QED) is 0.314. The molecule has 0 aliphatic heterocycles. The van der Waals surface area contributed by atoms with Crippen molar-refractivity contribution in [2.45, 2.75) is 9.96 Å². The summed E-state index contributed by atoms with van der Waals surface area (Å²) in [6.07, 6.45) is -1.07. The lowest BCUT2D eigenvalue weighted by atomic mass is 10.2. The predicted molar refractivity (Wildman–Crippen MR) is 99.7 cm³/mol. The van der Waals surface area contributed by atoms with E-state index in [0.717, 1.165) is 0 Å². The summed E-state index contributed by atoms with van der Waals surface area (Å²) in [6.45, 7) is 0. The second kappa shape index (κ2) is 8.10. The van der Waals surface area contributed by atoms with Crippen molar-refractivity contribution in [3.63, 3.8) is 0 Å². The van der Waals surface area contributed by atoms with Crippen molar-refractivity contribution in [1.82, 2.24) is 5.32 Å². The van der Waals surface area contributed by atoms with Gasteiger partial charge in [-0.2, -0.15) is 0 Å². The number of nitrogens with one attached hydrogen (secondary N) is 2. The molecule has 0 aliphatic carbocycles. The van der Waals surface area contributed by atoms with Gasteiger partial charge < -0.3 is 10.6 Å². The van der Waals surface area contributed by atoms with Gasteiger partial charge in [0.15, 0.2) is 0 Å². The van der Waals surface area contributed by atoms with E-state index in [9.17, 15) is 14.9 Å². The number of alkyl halides is 3. The molecule has 0 saturated heterocycles. The number of nitro groups is 1. The Hall–Kier alpha value is -1.73. The zero-order valence-electron chi connectivity index (χ0n) is 12.4. The molecule has 2 aromatic carbocycles. The van der Waals surface area contributed by atoms with Crippen LogP contribution in [-0.2, 0) is 0 Å². The highest BCUT2D eigenvalue weighted by Crippen LogP contribution is 2.31. The van der Waals surface area contributed by atoms with Gasteiger partial charge in [-0.3, -0.25) is 14.9 Å². The normalized spacial score (nSPS) is 12.3. The molecule has 0 heterocycles. The Kier molecular flexibility index (Phi) is 6.35. The zero-order chi connectivity index (χ0) is 18.6. The van der Waals surface area contributed by atoms with Crippen LogP contribution in [0.15, 0.2) is 48.5 Å². The first kappa shape index (κ1) is 19.6. The van der Waals surface area contributed by atoms with Gasteiger partial charge in [-0.25, -0.2) is 0 Å². The zero-order valence-corrected chi connectivity index (χ0v) is 15.4. The average Bonchev–Trinajstić information content (AvgIpc) is 2.53. The standard InChI is InChI=1S/C15H11Cl4N3O3/c16-10-2-1-3-11(8-10)20-14(15(17,18)19)21-13(23)9-4-6-12(7-5-9)22(24)25/h1-8,14,20H,(H,21,23)/t14-/m0/s1. The van der Waals surface area contributed by atoms with Crippen LogP contribution in [0.25, 0.3) is 0 Å². The lowest BCUT2D eigenvalue weighted by Gasteiger charge is -2.27. The first-order valence-electron chi connectivity index (χ1n) is 6.81. The molecule has 2 aromatic rings. The number of halogens is 4. The number of non-ortho nitro benzene ring substituents is 1. The maximum Gasteiger partial charge on any atom is 0.269 e. The molecule has 0 unspecified atom stereocenters. The van der Waals surface area contributed by atoms with Crippen LogP contribution in [0.3, 0.4) is 0 Å². The van der Waals surface area contributed by atoms with Crippen molar-refractivity contribution in [3.8, 4) is 0 Å². The number of benzene rings is 2. The second-order valence-corrected chi connectivity index (χ2v) is 7.71. The predicted octanol–water partition coefficient (Wildman–Crippen LogP) is 4.79. The molecule has 0 spiro atoms. The summed E-state index contributed by atoms with van der Waals surface area (Å²) in [6, 6.07) is 11.7. The maximum atomic E-state index is 12.3. The van der Waals surface area contributed by atoms with E-state index in [0.29, 0.717) is 10.7 Å². The number of anilines is 1. The summed E-state index contributed by atoms with van der Waals surface area (Å²) in [4.78, 5) is 22.4. The van der Waals surface area contributed by atoms with Crippen LogP contribution in [0.4, 0.5) is 11.4 Å². The Balaban J connectivity index is 2.16. The van der Waals surface area contributed by atoms with Crippen LogP contribution < -0.4 is 10.6 Å². The van der Waals surface area contributed by atoms with Gasteiger partial charge in [-0.1, -0.05) is 52.5 Å². The van der Waals surface area contributed by atoms with Crippen molar-refractivity contribution in [2.75, 3.05) is 5.32 Å². The van der Waals surface area contributed by atoms with Gasteiger partial charge in [0.1, 0.15) is 6.17 Å². The molecule has 0 aromatic heterocycles. The Morgan fingerprint density at radius 3 is 2.28 bits per heavy atom. The molecule has 0 radical (unpaired) electrons. The van der Waals surface area contributed by atoms with Gasteiger partial charge in [0.2, 0.25) is 3.79 Å². The molecule has 0 saturated carbocycles. The van der Waals surface area contributed by atoms with Crippen molar-refractivity contribution in [3.05, 3.63) is 69.2 Å². The Morgan fingerprint density at radius 1 is 1.12 bits per heavy atom. The first-order chi connectivity index (χ1) is 11.7. The molecular formula is C15H11Cl4N3O3. The fraction of sp³-hybridized carbons (Fsp3) is 0.133. The average molecular weight is 423 g/mol. The smallest absolute Gasteiger partial charge is 0.269 e. The molecule has 2 N–H and O–H groups in total. The Labute approximate surface area is 163 Å². The minimum Gasteiger partial charge on any atom is -0.362 e. The third-order valence-corrected chi connectivity index (χ3v) is 3.97. The van der Waals surface area contributed by atoms with E-state index in [1.807, 2.05) is 0 Å². The van der Waals surface area contributed by atoms with Crippen molar-refractivity contribution in [1.29, 1.82) is 0 Å². The first-order valence-corrected chi connectivity index (χ1v) is 8.32. The molecule has 2 rings (SSSR count).